The molecule has 2 N–H and O–H groups in total. The molecule has 8 heteroatoms. The third-order valence-electron chi connectivity index (χ3n) is 5.08. The van der Waals surface area contributed by atoms with Crippen LogP contribution in [0.3, 0.4) is 0 Å². The van der Waals surface area contributed by atoms with E-state index in [2.05, 4.69) is 10.6 Å². The van der Waals surface area contributed by atoms with Crippen molar-refractivity contribution in [1.82, 2.24) is 15.5 Å². The van der Waals surface area contributed by atoms with E-state index in [1.807, 2.05) is 18.2 Å². The Kier molecular flexibility index (Phi) is 7.86. The molecule has 2 aromatic carbocycles. The number of piperidine rings is 1. The molecule has 0 spiro atoms. The quantitative estimate of drug-likeness (QED) is 0.670. The van der Waals surface area contributed by atoms with E-state index < -0.39 is 0 Å². The van der Waals surface area contributed by atoms with Crippen LogP contribution in [0.4, 0.5) is 0 Å². The van der Waals surface area contributed by atoms with Crippen molar-refractivity contribution in [3.8, 4) is 11.5 Å². The van der Waals surface area contributed by atoms with Gasteiger partial charge in [0, 0.05) is 24.7 Å². The van der Waals surface area contributed by atoms with Gasteiger partial charge in [0.2, 0.25) is 5.91 Å². The lowest BCUT2D eigenvalue weighted by atomic mass is 10.0. The number of hydrogen-bond acceptors (Lipinski definition) is 5. The van der Waals surface area contributed by atoms with E-state index in [9.17, 15) is 14.4 Å². The van der Waals surface area contributed by atoms with Crippen molar-refractivity contribution >= 4 is 17.7 Å². The molecule has 0 aromatic heterocycles. The summed E-state index contributed by atoms with van der Waals surface area (Å²) in [5.41, 5.74) is 0.512. The Hall–Kier alpha value is -3.55. The number of nitrogens with zero attached hydrogens (tertiary/aromatic N) is 1. The summed E-state index contributed by atoms with van der Waals surface area (Å²) in [6.07, 6.45) is 1.30. The maximum absolute atomic E-state index is 12.4. The van der Waals surface area contributed by atoms with E-state index in [1.54, 1.807) is 48.4 Å². The highest BCUT2D eigenvalue weighted by molar-refractivity contribution is 5.96. The maximum atomic E-state index is 12.4. The van der Waals surface area contributed by atoms with Crippen LogP contribution in [0.2, 0.25) is 0 Å². The molecule has 1 aliphatic rings. The summed E-state index contributed by atoms with van der Waals surface area (Å²) < 4.78 is 10.8. The number of benzene rings is 2. The van der Waals surface area contributed by atoms with Gasteiger partial charge in [-0.3, -0.25) is 14.4 Å². The average Bonchev–Trinajstić information content (AvgIpc) is 2.82. The first-order valence-corrected chi connectivity index (χ1v) is 10.2. The summed E-state index contributed by atoms with van der Waals surface area (Å²) in [6, 6.07) is 15.9. The van der Waals surface area contributed by atoms with Crippen LogP contribution in [0.25, 0.3) is 0 Å². The molecule has 0 bridgehead atoms. The van der Waals surface area contributed by atoms with Gasteiger partial charge in [-0.15, -0.1) is 0 Å². The van der Waals surface area contributed by atoms with Crippen molar-refractivity contribution in [2.75, 3.05) is 33.4 Å². The summed E-state index contributed by atoms with van der Waals surface area (Å²) >= 11 is 0. The first kappa shape index (κ1) is 22.1. The smallest absolute Gasteiger partial charge is 0.260 e. The predicted octanol–water partition coefficient (Wildman–Crippen LogP) is 1.61. The van der Waals surface area contributed by atoms with E-state index in [0.29, 0.717) is 43.0 Å². The van der Waals surface area contributed by atoms with Crippen LogP contribution >= 0.6 is 0 Å². The minimum absolute atomic E-state index is 0.0275. The standard InChI is InChI=1S/C23H27N3O5/c1-30-19-9-5-6-10-20(19)31-16-22(28)26-13-11-18(12-14-26)25-21(27)15-24-23(29)17-7-3-2-4-8-17/h2-10,18H,11-16H2,1H3,(H,24,29)(H,25,27). The molecule has 3 rings (SSSR count). The number of nitrogens with one attached hydrogen (secondary N) is 2. The second-order valence-electron chi connectivity index (χ2n) is 7.21. The van der Waals surface area contributed by atoms with Gasteiger partial charge in [-0.2, -0.15) is 0 Å². The van der Waals surface area contributed by atoms with Crippen molar-refractivity contribution in [1.29, 1.82) is 0 Å². The van der Waals surface area contributed by atoms with Crippen molar-refractivity contribution in [3.63, 3.8) is 0 Å². The van der Waals surface area contributed by atoms with Gasteiger partial charge < -0.3 is 25.0 Å². The molecule has 0 radical (unpaired) electrons. The topological polar surface area (TPSA) is 97.0 Å². The number of para-hydroxylation sites is 2. The second kappa shape index (κ2) is 11.0. The number of carbonyl (C=O) groups is 3. The molecule has 1 saturated heterocycles. The summed E-state index contributed by atoms with van der Waals surface area (Å²) in [6.45, 7) is 0.924. The van der Waals surface area contributed by atoms with Gasteiger partial charge in [0.15, 0.2) is 18.1 Å². The van der Waals surface area contributed by atoms with Crippen molar-refractivity contribution in [3.05, 3.63) is 60.2 Å². The highest BCUT2D eigenvalue weighted by atomic mass is 16.5. The van der Waals surface area contributed by atoms with Gasteiger partial charge in [0.1, 0.15) is 0 Å². The van der Waals surface area contributed by atoms with Crippen molar-refractivity contribution in [2.24, 2.45) is 0 Å². The molecule has 2 aromatic rings. The number of rotatable bonds is 8. The maximum Gasteiger partial charge on any atom is 0.260 e. The van der Waals surface area contributed by atoms with Gasteiger partial charge in [-0.1, -0.05) is 30.3 Å². The minimum atomic E-state index is -0.286. The Morgan fingerprint density at radius 3 is 2.29 bits per heavy atom. The van der Waals surface area contributed by atoms with Crippen molar-refractivity contribution < 1.29 is 23.9 Å². The molecule has 3 amide bonds. The minimum Gasteiger partial charge on any atom is -0.493 e. The largest absolute Gasteiger partial charge is 0.493 e. The molecule has 31 heavy (non-hydrogen) atoms. The van der Waals surface area contributed by atoms with E-state index in [0.717, 1.165) is 0 Å². The molecule has 1 aliphatic heterocycles. The Balaban J connectivity index is 1.36. The summed E-state index contributed by atoms with van der Waals surface area (Å²) in [5.74, 6) is 0.472. The highest BCUT2D eigenvalue weighted by Gasteiger charge is 2.24. The number of likely N-dealkylation sites (tertiary alicyclic amines) is 1. The number of methoxy groups -OCH3 is 1. The molecular formula is C23H27N3O5. The number of carbonyl (C=O) groups excluding carboxylic acids is 3. The molecule has 8 nitrogen and oxygen atoms in total. The Morgan fingerprint density at radius 1 is 0.968 bits per heavy atom. The van der Waals surface area contributed by atoms with Crippen LogP contribution in [0.5, 0.6) is 11.5 Å². The molecule has 1 heterocycles. The van der Waals surface area contributed by atoms with E-state index in [-0.39, 0.29) is 36.9 Å². The summed E-state index contributed by atoms with van der Waals surface area (Å²) in [7, 11) is 1.55. The zero-order valence-corrected chi connectivity index (χ0v) is 17.5. The molecule has 0 aliphatic carbocycles. The fourth-order valence-electron chi connectivity index (χ4n) is 3.37. The summed E-state index contributed by atoms with van der Waals surface area (Å²) in [5, 5.41) is 5.53. The normalized spacial score (nSPS) is 13.9. The van der Waals surface area contributed by atoms with Crippen LogP contribution in [0.1, 0.15) is 23.2 Å². The van der Waals surface area contributed by atoms with E-state index in [1.165, 1.54) is 0 Å². The molecular weight excluding hydrogens is 398 g/mol. The third kappa shape index (κ3) is 6.47. The van der Waals surface area contributed by atoms with Crippen LogP contribution in [0.15, 0.2) is 54.6 Å². The molecule has 0 atom stereocenters. The lowest BCUT2D eigenvalue weighted by molar-refractivity contribution is -0.134. The zero-order valence-electron chi connectivity index (χ0n) is 17.5. The lowest BCUT2D eigenvalue weighted by Gasteiger charge is -2.32. The van der Waals surface area contributed by atoms with Crippen molar-refractivity contribution in [2.45, 2.75) is 18.9 Å². The Morgan fingerprint density at radius 2 is 1.61 bits per heavy atom. The van der Waals surface area contributed by atoms with Crippen LogP contribution < -0.4 is 20.1 Å². The average molecular weight is 425 g/mol. The van der Waals surface area contributed by atoms with Crippen LogP contribution in [0, 0.1) is 0 Å². The SMILES string of the molecule is COc1ccccc1OCC(=O)N1CCC(NC(=O)CNC(=O)c2ccccc2)CC1. The van der Waals surface area contributed by atoms with Gasteiger partial charge in [0.25, 0.3) is 11.8 Å². The fourth-order valence-corrected chi connectivity index (χ4v) is 3.37. The Labute approximate surface area is 181 Å². The number of amides is 3. The van der Waals surface area contributed by atoms with Gasteiger partial charge in [-0.05, 0) is 37.1 Å². The highest BCUT2D eigenvalue weighted by Crippen LogP contribution is 2.25. The number of ether oxygens (including phenoxy) is 2. The molecule has 0 unspecified atom stereocenters. The lowest BCUT2D eigenvalue weighted by Crippen LogP contribution is -2.49. The van der Waals surface area contributed by atoms with Crippen LogP contribution in [-0.4, -0.2) is 62.0 Å². The molecule has 164 valence electrons. The van der Waals surface area contributed by atoms with E-state index in [4.69, 9.17) is 9.47 Å². The second-order valence-corrected chi connectivity index (χ2v) is 7.21. The first-order valence-electron chi connectivity index (χ1n) is 10.2. The van der Waals surface area contributed by atoms with E-state index >= 15 is 0 Å². The molecule has 0 saturated carbocycles. The monoisotopic (exact) mass is 425 g/mol. The van der Waals surface area contributed by atoms with Gasteiger partial charge >= 0.3 is 0 Å². The van der Waals surface area contributed by atoms with Gasteiger partial charge in [0.05, 0.1) is 13.7 Å². The predicted molar refractivity (Wildman–Crippen MR) is 115 cm³/mol. The first-order chi connectivity index (χ1) is 15.1. The Bertz CT molecular complexity index is 895. The van der Waals surface area contributed by atoms with Gasteiger partial charge in [-0.25, -0.2) is 0 Å². The fraction of sp³-hybridized carbons (Fsp3) is 0.348. The third-order valence-corrected chi connectivity index (χ3v) is 5.08. The number of hydrogen-bond donors (Lipinski definition) is 2. The molecule has 1 fully saturated rings. The van der Waals surface area contributed by atoms with Crippen LogP contribution in [-0.2, 0) is 9.59 Å². The zero-order chi connectivity index (χ0) is 22.1. The summed E-state index contributed by atoms with van der Waals surface area (Å²) in [4.78, 5) is 38.3.